The van der Waals surface area contributed by atoms with Crippen molar-refractivity contribution in [2.75, 3.05) is 14.2 Å². The highest BCUT2D eigenvalue weighted by Gasteiger charge is 2.64. The number of hydrazone groups is 1. The molecular weight excluding hydrogens is 292 g/mol. The van der Waals surface area contributed by atoms with E-state index in [2.05, 4.69) is 17.5 Å². The molecule has 23 heavy (non-hydrogen) atoms. The van der Waals surface area contributed by atoms with Gasteiger partial charge in [0.05, 0.1) is 20.4 Å². The summed E-state index contributed by atoms with van der Waals surface area (Å²) in [6, 6.07) is 5.51. The third-order valence-electron chi connectivity index (χ3n) is 5.41. The zero-order valence-corrected chi connectivity index (χ0v) is 14.0. The van der Waals surface area contributed by atoms with Crippen molar-refractivity contribution in [3.8, 4) is 11.5 Å². The quantitative estimate of drug-likeness (QED) is 0.671. The molecule has 0 saturated heterocycles. The number of benzene rings is 1. The number of ether oxygens (including phenoxy) is 2. The molecule has 0 radical (unpaired) electrons. The SMILES string of the molecule is COc1ccc(C=NNC(=O)[C@@H]2[C@@H]3CCCC[C@@]23C)cc1OC. The van der Waals surface area contributed by atoms with Gasteiger partial charge in [0.1, 0.15) is 0 Å². The van der Waals surface area contributed by atoms with Crippen molar-refractivity contribution in [3.05, 3.63) is 23.8 Å². The minimum absolute atomic E-state index is 0.0520. The minimum atomic E-state index is 0.0520. The second-order valence-electron chi connectivity index (χ2n) is 6.68. The second-order valence-corrected chi connectivity index (χ2v) is 6.68. The summed E-state index contributed by atoms with van der Waals surface area (Å²) < 4.78 is 10.5. The Morgan fingerprint density at radius 1 is 1.30 bits per heavy atom. The van der Waals surface area contributed by atoms with Crippen LogP contribution in [-0.2, 0) is 4.79 Å². The van der Waals surface area contributed by atoms with Gasteiger partial charge in [0.2, 0.25) is 5.91 Å². The third-order valence-corrected chi connectivity index (χ3v) is 5.41. The van der Waals surface area contributed by atoms with E-state index in [-0.39, 0.29) is 17.2 Å². The Balaban J connectivity index is 1.60. The molecule has 2 aliphatic carbocycles. The summed E-state index contributed by atoms with van der Waals surface area (Å²) >= 11 is 0. The van der Waals surface area contributed by atoms with Gasteiger partial charge in [0.25, 0.3) is 0 Å². The standard InChI is InChI=1S/C18H24N2O3/c1-18-9-5-4-6-13(18)16(18)17(21)20-19-11-12-7-8-14(22-2)15(10-12)23-3/h7-8,10-11,13,16H,4-6,9H2,1-3H3,(H,20,21)/t13-,16-,18+/m0/s1. The number of nitrogens with zero attached hydrogens (tertiary/aromatic N) is 1. The van der Waals surface area contributed by atoms with Crippen LogP contribution in [0.1, 0.15) is 38.2 Å². The Labute approximate surface area is 137 Å². The normalized spacial score (nSPS) is 29.0. The van der Waals surface area contributed by atoms with Crippen LogP contribution in [0.2, 0.25) is 0 Å². The number of hydrogen-bond donors (Lipinski definition) is 1. The van der Waals surface area contributed by atoms with Crippen LogP contribution in [0.25, 0.3) is 0 Å². The Morgan fingerprint density at radius 3 is 2.74 bits per heavy atom. The van der Waals surface area contributed by atoms with E-state index in [1.165, 1.54) is 19.3 Å². The number of methoxy groups -OCH3 is 2. The van der Waals surface area contributed by atoms with Crippen molar-refractivity contribution in [3.63, 3.8) is 0 Å². The lowest BCUT2D eigenvalue weighted by atomic mass is 9.90. The number of rotatable bonds is 5. The predicted octanol–water partition coefficient (Wildman–Crippen LogP) is 2.98. The number of amides is 1. The van der Waals surface area contributed by atoms with Gasteiger partial charge in [-0.25, -0.2) is 5.43 Å². The molecule has 1 N–H and O–H groups in total. The van der Waals surface area contributed by atoms with Gasteiger partial charge in [-0.2, -0.15) is 5.10 Å². The third kappa shape index (κ3) is 2.92. The molecular formula is C18H24N2O3. The molecule has 3 atom stereocenters. The molecule has 0 aliphatic heterocycles. The number of carbonyl (C=O) groups excluding carboxylic acids is 1. The van der Waals surface area contributed by atoms with E-state index >= 15 is 0 Å². The number of hydrogen-bond acceptors (Lipinski definition) is 4. The summed E-state index contributed by atoms with van der Waals surface area (Å²) in [5.41, 5.74) is 3.76. The molecule has 5 nitrogen and oxygen atoms in total. The van der Waals surface area contributed by atoms with Crippen molar-refractivity contribution >= 4 is 12.1 Å². The molecule has 3 rings (SSSR count). The van der Waals surface area contributed by atoms with Gasteiger partial charge < -0.3 is 9.47 Å². The molecule has 0 bridgehead atoms. The van der Waals surface area contributed by atoms with E-state index in [0.717, 1.165) is 12.0 Å². The van der Waals surface area contributed by atoms with E-state index in [1.54, 1.807) is 20.4 Å². The molecule has 1 amide bonds. The van der Waals surface area contributed by atoms with Crippen molar-refractivity contribution in [1.29, 1.82) is 0 Å². The Morgan fingerprint density at radius 2 is 2.09 bits per heavy atom. The topological polar surface area (TPSA) is 59.9 Å². The summed E-state index contributed by atoms with van der Waals surface area (Å²) in [6.07, 6.45) is 6.46. The summed E-state index contributed by atoms with van der Waals surface area (Å²) in [6.45, 7) is 2.24. The summed E-state index contributed by atoms with van der Waals surface area (Å²) in [7, 11) is 3.19. The molecule has 1 aromatic carbocycles. The van der Waals surface area contributed by atoms with Crippen LogP contribution in [0, 0.1) is 17.3 Å². The maximum atomic E-state index is 12.3. The monoisotopic (exact) mass is 316 g/mol. The molecule has 0 spiro atoms. The van der Waals surface area contributed by atoms with Gasteiger partial charge in [-0.05, 0) is 47.9 Å². The van der Waals surface area contributed by atoms with Crippen molar-refractivity contribution < 1.29 is 14.3 Å². The summed E-state index contributed by atoms with van der Waals surface area (Å²) in [4.78, 5) is 12.3. The molecule has 0 heterocycles. The first-order chi connectivity index (χ1) is 11.1. The van der Waals surface area contributed by atoms with Gasteiger partial charge in [-0.1, -0.05) is 19.8 Å². The Hall–Kier alpha value is -2.04. The molecule has 2 aliphatic rings. The first kappa shape index (κ1) is 15.8. The fourth-order valence-electron chi connectivity index (χ4n) is 4.02. The Kier molecular flexibility index (Phi) is 4.28. The lowest BCUT2D eigenvalue weighted by Crippen LogP contribution is -2.22. The zero-order valence-electron chi connectivity index (χ0n) is 14.0. The smallest absolute Gasteiger partial charge is 0.244 e. The lowest BCUT2D eigenvalue weighted by Gasteiger charge is -2.15. The van der Waals surface area contributed by atoms with E-state index in [0.29, 0.717) is 17.4 Å². The van der Waals surface area contributed by atoms with Crippen LogP contribution >= 0.6 is 0 Å². The molecule has 2 saturated carbocycles. The summed E-state index contributed by atoms with van der Waals surface area (Å²) in [5, 5.41) is 4.10. The van der Waals surface area contributed by atoms with Crippen LogP contribution in [0.5, 0.6) is 11.5 Å². The predicted molar refractivity (Wildman–Crippen MR) is 88.8 cm³/mol. The summed E-state index contributed by atoms with van der Waals surface area (Å²) in [5.74, 6) is 2.04. The molecule has 5 heteroatoms. The highest BCUT2D eigenvalue weighted by Crippen LogP contribution is 2.66. The maximum Gasteiger partial charge on any atom is 0.244 e. The maximum absolute atomic E-state index is 12.3. The number of nitrogens with one attached hydrogen (secondary N) is 1. The zero-order chi connectivity index (χ0) is 16.4. The minimum Gasteiger partial charge on any atom is -0.493 e. The van der Waals surface area contributed by atoms with Crippen LogP contribution in [0.15, 0.2) is 23.3 Å². The molecule has 1 aromatic rings. The van der Waals surface area contributed by atoms with Gasteiger partial charge in [-0.3, -0.25) is 4.79 Å². The van der Waals surface area contributed by atoms with Gasteiger partial charge in [-0.15, -0.1) is 0 Å². The highest BCUT2D eigenvalue weighted by atomic mass is 16.5. The van der Waals surface area contributed by atoms with Crippen LogP contribution in [-0.4, -0.2) is 26.3 Å². The average molecular weight is 316 g/mol. The van der Waals surface area contributed by atoms with Gasteiger partial charge >= 0.3 is 0 Å². The molecule has 0 unspecified atom stereocenters. The van der Waals surface area contributed by atoms with E-state index in [9.17, 15) is 4.79 Å². The number of carbonyl (C=O) groups is 1. The fraction of sp³-hybridized carbons (Fsp3) is 0.556. The van der Waals surface area contributed by atoms with Gasteiger partial charge in [0.15, 0.2) is 11.5 Å². The van der Waals surface area contributed by atoms with Crippen molar-refractivity contribution in [2.45, 2.75) is 32.6 Å². The van der Waals surface area contributed by atoms with E-state index in [4.69, 9.17) is 9.47 Å². The fourth-order valence-corrected chi connectivity index (χ4v) is 4.02. The largest absolute Gasteiger partial charge is 0.493 e. The van der Waals surface area contributed by atoms with Gasteiger partial charge in [0, 0.05) is 5.92 Å². The Bertz CT molecular complexity index is 629. The molecule has 2 fully saturated rings. The van der Waals surface area contributed by atoms with Crippen LogP contribution in [0.4, 0.5) is 0 Å². The van der Waals surface area contributed by atoms with Crippen LogP contribution < -0.4 is 14.9 Å². The number of fused-ring (bicyclic) bond motifs is 1. The van der Waals surface area contributed by atoms with Crippen molar-refractivity contribution in [2.24, 2.45) is 22.4 Å². The van der Waals surface area contributed by atoms with E-state index < -0.39 is 0 Å². The first-order valence-corrected chi connectivity index (χ1v) is 8.15. The first-order valence-electron chi connectivity index (χ1n) is 8.15. The lowest BCUT2D eigenvalue weighted by molar-refractivity contribution is -0.123. The van der Waals surface area contributed by atoms with E-state index in [1.807, 2.05) is 18.2 Å². The van der Waals surface area contributed by atoms with Crippen LogP contribution in [0.3, 0.4) is 0 Å². The average Bonchev–Trinajstić information content (AvgIpc) is 3.20. The highest BCUT2D eigenvalue weighted by molar-refractivity contribution is 5.86. The second kappa shape index (κ2) is 6.22. The van der Waals surface area contributed by atoms with Crippen molar-refractivity contribution in [1.82, 2.24) is 5.43 Å². The molecule has 0 aromatic heterocycles. The molecule has 124 valence electrons.